The summed E-state index contributed by atoms with van der Waals surface area (Å²) in [5, 5.41) is 18.5. The number of aromatic nitrogens is 1. The summed E-state index contributed by atoms with van der Waals surface area (Å²) in [5.41, 5.74) is -1.34. The number of β-amino-alcohol motifs (C(OH)–C–C–N with tert-alkyl or cyclic N) is 1. The molecule has 0 aliphatic carbocycles. The molecular formula is C10H10N2O4. The Morgan fingerprint density at radius 1 is 1.75 bits per heavy atom. The van der Waals surface area contributed by atoms with Gasteiger partial charge < -0.3 is 19.5 Å². The maximum absolute atomic E-state index is 10.6. The highest BCUT2D eigenvalue weighted by Gasteiger charge is 2.36. The zero-order valence-electron chi connectivity index (χ0n) is 8.38. The Kier molecular flexibility index (Phi) is 2.33. The van der Waals surface area contributed by atoms with Gasteiger partial charge in [0.05, 0.1) is 6.54 Å². The zero-order valence-corrected chi connectivity index (χ0v) is 8.38. The Morgan fingerprint density at radius 3 is 3.00 bits per heavy atom. The van der Waals surface area contributed by atoms with E-state index in [1.54, 1.807) is 4.90 Å². The molecule has 1 aromatic heterocycles. The molecule has 0 saturated carbocycles. The van der Waals surface area contributed by atoms with Crippen molar-refractivity contribution >= 4 is 12.0 Å². The summed E-state index contributed by atoms with van der Waals surface area (Å²) in [6.07, 6.45) is 6.66. The van der Waals surface area contributed by atoms with Gasteiger partial charge in [-0.25, -0.2) is 4.79 Å². The number of carboxylic acid groups (broad SMARTS) is 1. The topological polar surface area (TPSA) is 86.8 Å². The third-order valence-electron chi connectivity index (χ3n) is 2.50. The Labute approximate surface area is 91.5 Å². The second-order valence-corrected chi connectivity index (χ2v) is 3.67. The van der Waals surface area contributed by atoms with Crippen molar-refractivity contribution in [2.45, 2.75) is 12.0 Å². The minimum Gasteiger partial charge on any atom is -0.476 e. The molecule has 1 fully saturated rings. The second kappa shape index (κ2) is 3.54. The molecule has 0 amide bonds. The number of hydrogen-bond donors (Lipinski definition) is 2. The van der Waals surface area contributed by atoms with Crippen LogP contribution in [0.2, 0.25) is 0 Å². The fraction of sp³-hybridized carbons (Fsp3) is 0.400. The number of anilines is 1. The Bertz CT molecular complexity index is 462. The lowest BCUT2D eigenvalue weighted by Gasteiger charge is -2.15. The smallest absolute Gasteiger partial charge is 0.357 e. The summed E-state index contributed by atoms with van der Waals surface area (Å²) in [5.74, 6) is 1.15. The quantitative estimate of drug-likeness (QED) is 0.682. The molecule has 1 unspecified atom stereocenters. The summed E-state index contributed by atoms with van der Waals surface area (Å²) >= 11 is 0. The number of carbonyl (C=O) groups is 1. The Hall–Kier alpha value is -2.00. The maximum Gasteiger partial charge on any atom is 0.357 e. The van der Waals surface area contributed by atoms with E-state index in [0.717, 1.165) is 6.26 Å². The molecule has 1 aliphatic heterocycles. The van der Waals surface area contributed by atoms with E-state index in [4.69, 9.17) is 15.9 Å². The van der Waals surface area contributed by atoms with Crippen LogP contribution in [0.4, 0.5) is 6.01 Å². The second-order valence-electron chi connectivity index (χ2n) is 3.67. The van der Waals surface area contributed by atoms with Gasteiger partial charge in [-0.15, -0.1) is 6.42 Å². The molecule has 0 radical (unpaired) electrons. The van der Waals surface area contributed by atoms with E-state index in [1.807, 2.05) is 0 Å². The maximum atomic E-state index is 10.6. The first-order valence-corrected chi connectivity index (χ1v) is 4.68. The molecule has 84 valence electrons. The lowest BCUT2D eigenvalue weighted by Crippen LogP contribution is -2.31. The van der Waals surface area contributed by atoms with E-state index in [1.165, 1.54) is 0 Å². The van der Waals surface area contributed by atoms with Crippen molar-refractivity contribution < 1.29 is 19.4 Å². The largest absolute Gasteiger partial charge is 0.476 e. The number of hydrogen-bond acceptors (Lipinski definition) is 5. The van der Waals surface area contributed by atoms with Gasteiger partial charge in [-0.05, 0) is 0 Å². The van der Waals surface area contributed by atoms with Crippen LogP contribution in [-0.4, -0.2) is 39.9 Å². The van der Waals surface area contributed by atoms with Gasteiger partial charge in [0.15, 0.2) is 5.69 Å². The van der Waals surface area contributed by atoms with Crippen molar-refractivity contribution in [2.75, 3.05) is 18.0 Å². The molecule has 6 nitrogen and oxygen atoms in total. The highest BCUT2D eigenvalue weighted by Crippen LogP contribution is 2.25. The Balaban J connectivity index is 2.15. The molecule has 16 heavy (non-hydrogen) atoms. The summed E-state index contributed by atoms with van der Waals surface area (Å²) in [6, 6.07) is 0.170. The van der Waals surface area contributed by atoms with Crippen LogP contribution < -0.4 is 4.90 Å². The molecule has 0 spiro atoms. The average molecular weight is 222 g/mol. The fourth-order valence-corrected chi connectivity index (χ4v) is 1.58. The minimum absolute atomic E-state index is 0.161. The van der Waals surface area contributed by atoms with E-state index in [9.17, 15) is 9.90 Å². The highest BCUT2D eigenvalue weighted by molar-refractivity contribution is 5.85. The molecule has 6 heteroatoms. The van der Waals surface area contributed by atoms with E-state index in [0.29, 0.717) is 13.0 Å². The summed E-state index contributed by atoms with van der Waals surface area (Å²) in [6.45, 7) is 0.684. The van der Waals surface area contributed by atoms with Crippen molar-refractivity contribution in [1.82, 2.24) is 4.98 Å². The van der Waals surface area contributed by atoms with Crippen LogP contribution in [0.5, 0.6) is 0 Å². The van der Waals surface area contributed by atoms with Crippen molar-refractivity contribution in [3.8, 4) is 12.3 Å². The van der Waals surface area contributed by atoms with Crippen LogP contribution in [0.3, 0.4) is 0 Å². The molecule has 2 N–H and O–H groups in total. The first-order chi connectivity index (χ1) is 7.54. The monoisotopic (exact) mass is 222 g/mol. The van der Waals surface area contributed by atoms with Crippen LogP contribution >= 0.6 is 0 Å². The molecule has 2 heterocycles. The molecular weight excluding hydrogens is 212 g/mol. The standard InChI is InChI=1S/C10H10N2O4/c1-2-10(15)3-4-12(6-10)9-11-7(5-16-9)8(13)14/h1,5,15H,3-4,6H2,(H,13,14). The number of aromatic carboxylic acids is 1. The molecule has 1 atom stereocenters. The lowest BCUT2D eigenvalue weighted by molar-refractivity contribution is 0.0690. The van der Waals surface area contributed by atoms with Gasteiger partial charge in [-0.1, -0.05) is 5.92 Å². The number of aliphatic hydroxyl groups is 1. The van der Waals surface area contributed by atoms with Gasteiger partial charge in [0.1, 0.15) is 11.9 Å². The number of rotatable bonds is 2. The van der Waals surface area contributed by atoms with Crippen LogP contribution in [0.25, 0.3) is 0 Å². The van der Waals surface area contributed by atoms with Crippen molar-refractivity contribution in [3.05, 3.63) is 12.0 Å². The van der Waals surface area contributed by atoms with Crippen LogP contribution in [0.1, 0.15) is 16.9 Å². The third kappa shape index (κ3) is 1.73. The predicted octanol–water partition coefficient (Wildman–Crippen LogP) is -0.0528. The van der Waals surface area contributed by atoms with Gasteiger partial charge in [-0.3, -0.25) is 0 Å². The minimum atomic E-state index is -1.18. The number of carboxylic acids is 1. The molecule has 0 aromatic carbocycles. The zero-order chi connectivity index (χ0) is 11.8. The number of nitrogens with zero attached hydrogens (tertiary/aromatic N) is 2. The number of oxazole rings is 1. The van der Waals surface area contributed by atoms with E-state index >= 15 is 0 Å². The lowest BCUT2D eigenvalue weighted by atomic mass is 10.1. The average Bonchev–Trinajstić information content (AvgIpc) is 2.84. The van der Waals surface area contributed by atoms with Crippen LogP contribution in [-0.2, 0) is 0 Å². The molecule has 1 aliphatic rings. The molecule has 1 aromatic rings. The number of terminal acetylenes is 1. The molecule has 0 bridgehead atoms. The van der Waals surface area contributed by atoms with Gasteiger partial charge in [0, 0.05) is 13.0 Å². The van der Waals surface area contributed by atoms with E-state index in [-0.39, 0.29) is 18.3 Å². The first-order valence-electron chi connectivity index (χ1n) is 4.68. The highest BCUT2D eigenvalue weighted by atomic mass is 16.4. The van der Waals surface area contributed by atoms with Crippen molar-refractivity contribution in [2.24, 2.45) is 0 Å². The van der Waals surface area contributed by atoms with Gasteiger partial charge in [-0.2, -0.15) is 4.98 Å². The van der Waals surface area contributed by atoms with Crippen LogP contribution in [0, 0.1) is 12.3 Å². The van der Waals surface area contributed by atoms with Gasteiger partial charge in [0.25, 0.3) is 6.01 Å². The first kappa shape index (κ1) is 10.5. The van der Waals surface area contributed by atoms with Gasteiger partial charge in [0.2, 0.25) is 0 Å². The Morgan fingerprint density at radius 2 is 2.50 bits per heavy atom. The van der Waals surface area contributed by atoms with Crippen molar-refractivity contribution in [3.63, 3.8) is 0 Å². The SMILES string of the molecule is C#CC1(O)CCN(c2nc(C(=O)O)co2)C1. The summed E-state index contributed by atoms with van der Waals surface area (Å²) in [7, 11) is 0. The van der Waals surface area contributed by atoms with Crippen LogP contribution in [0.15, 0.2) is 10.7 Å². The molecule has 2 rings (SSSR count). The predicted molar refractivity (Wildman–Crippen MR) is 54.1 cm³/mol. The fourth-order valence-electron chi connectivity index (χ4n) is 1.58. The molecule has 1 saturated heterocycles. The summed E-state index contributed by atoms with van der Waals surface area (Å²) in [4.78, 5) is 16.0. The third-order valence-corrected chi connectivity index (χ3v) is 2.50. The van der Waals surface area contributed by atoms with E-state index in [2.05, 4.69) is 10.9 Å². The normalized spacial score (nSPS) is 24.4. The van der Waals surface area contributed by atoms with E-state index < -0.39 is 11.6 Å². The van der Waals surface area contributed by atoms with Gasteiger partial charge >= 0.3 is 5.97 Å². The van der Waals surface area contributed by atoms with Crippen molar-refractivity contribution in [1.29, 1.82) is 0 Å². The summed E-state index contributed by atoms with van der Waals surface area (Å²) < 4.78 is 5.00.